The lowest BCUT2D eigenvalue weighted by Crippen LogP contribution is -2.40. The number of unbranched alkanes of at least 4 members (excludes halogenated alkanes) is 1. The maximum absolute atomic E-state index is 5.54. The Morgan fingerprint density at radius 3 is 2.82 bits per heavy atom. The third-order valence-corrected chi connectivity index (χ3v) is 3.30. The first-order valence-electron chi connectivity index (χ1n) is 8.26. The van der Waals surface area contributed by atoms with E-state index in [1.165, 1.54) is 6.42 Å². The average molecular weight is 309 g/mol. The molecule has 0 fully saturated rings. The third kappa shape index (κ3) is 8.67. The van der Waals surface area contributed by atoms with Gasteiger partial charge in [-0.25, -0.2) is 0 Å². The molecular formula is C16H31N5O. The van der Waals surface area contributed by atoms with Crippen LogP contribution in [0.3, 0.4) is 0 Å². The predicted octanol–water partition coefficient (Wildman–Crippen LogP) is 1.89. The Labute approximate surface area is 134 Å². The minimum Gasteiger partial charge on any atom is -0.381 e. The molecule has 0 amide bonds. The standard InChI is InChI=1S/C16H31N5O/c1-4-5-11-22-12-7-8-18-16(17-3)19-13-15(2)14-21-10-6-9-20-21/h6,9-10,15H,4-5,7-8,11-14H2,1-3H3,(H2,17,18,19). The molecule has 0 aliphatic heterocycles. The summed E-state index contributed by atoms with van der Waals surface area (Å²) in [6.07, 6.45) is 7.12. The van der Waals surface area contributed by atoms with Gasteiger partial charge >= 0.3 is 0 Å². The van der Waals surface area contributed by atoms with Crippen molar-refractivity contribution in [3.8, 4) is 0 Å². The molecule has 1 atom stereocenters. The molecule has 0 radical (unpaired) electrons. The maximum Gasteiger partial charge on any atom is 0.190 e. The number of ether oxygens (including phenoxy) is 1. The molecule has 2 N–H and O–H groups in total. The molecule has 6 heteroatoms. The van der Waals surface area contributed by atoms with Crippen LogP contribution in [0.1, 0.15) is 33.1 Å². The fourth-order valence-electron chi connectivity index (χ4n) is 2.01. The lowest BCUT2D eigenvalue weighted by atomic mass is 10.2. The SMILES string of the molecule is CCCCOCCCNC(=NC)NCC(C)Cn1cccn1. The van der Waals surface area contributed by atoms with Crippen LogP contribution in [0.15, 0.2) is 23.5 Å². The molecule has 0 aliphatic carbocycles. The van der Waals surface area contributed by atoms with Crippen molar-refractivity contribution in [3.05, 3.63) is 18.5 Å². The molecule has 1 aromatic rings. The van der Waals surface area contributed by atoms with E-state index in [9.17, 15) is 0 Å². The largest absolute Gasteiger partial charge is 0.381 e. The van der Waals surface area contributed by atoms with Gasteiger partial charge in [0.25, 0.3) is 0 Å². The Morgan fingerprint density at radius 2 is 2.14 bits per heavy atom. The second kappa shape index (κ2) is 12.0. The Morgan fingerprint density at radius 1 is 1.32 bits per heavy atom. The summed E-state index contributed by atoms with van der Waals surface area (Å²) < 4.78 is 7.49. The molecule has 1 heterocycles. The van der Waals surface area contributed by atoms with Gasteiger partial charge in [0.1, 0.15) is 0 Å². The highest BCUT2D eigenvalue weighted by molar-refractivity contribution is 5.79. The second-order valence-electron chi connectivity index (χ2n) is 5.53. The van der Waals surface area contributed by atoms with Crippen LogP contribution in [0.2, 0.25) is 0 Å². The lowest BCUT2D eigenvalue weighted by molar-refractivity contribution is 0.129. The van der Waals surface area contributed by atoms with E-state index in [0.29, 0.717) is 5.92 Å². The molecule has 1 rings (SSSR count). The Hall–Kier alpha value is -1.56. The topological polar surface area (TPSA) is 63.5 Å². The Balaban J connectivity index is 2.06. The van der Waals surface area contributed by atoms with Gasteiger partial charge in [-0.1, -0.05) is 20.3 Å². The highest BCUT2D eigenvalue weighted by atomic mass is 16.5. The van der Waals surface area contributed by atoms with Crippen LogP contribution in [-0.4, -0.2) is 49.1 Å². The predicted molar refractivity (Wildman–Crippen MR) is 91.1 cm³/mol. The van der Waals surface area contributed by atoms with E-state index < -0.39 is 0 Å². The van der Waals surface area contributed by atoms with Crippen molar-refractivity contribution in [2.24, 2.45) is 10.9 Å². The van der Waals surface area contributed by atoms with Crippen LogP contribution in [0.4, 0.5) is 0 Å². The van der Waals surface area contributed by atoms with Crippen molar-refractivity contribution in [3.63, 3.8) is 0 Å². The van der Waals surface area contributed by atoms with Gasteiger partial charge in [-0.05, 0) is 24.8 Å². The van der Waals surface area contributed by atoms with E-state index in [1.807, 2.05) is 23.1 Å². The number of hydrogen-bond donors (Lipinski definition) is 2. The summed E-state index contributed by atoms with van der Waals surface area (Å²) in [4.78, 5) is 4.24. The molecule has 0 spiro atoms. The highest BCUT2D eigenvalue weighted by Gasteiger charge is 2.05. The summed E-state index contributed by atoms with van der Waals surface area (Å²) in [5.41, 5.74) is 0. The number of guanidine groups is 1. The third-order valence-electron chi connectivity index (χ3n) is 3.30. The van der Waals surface area contributed by atoms with E-state index in [-0.39, 0.29) is 0 Å². The van der Waals surface area contributed by atoms with Crippen molar-refractivity contribution < 1.29 is 4.74 Å². The number of rotatable bonds is 11. The Bertz CT molecular complexity index is 391. The van der Waals surface area contributed by atoms with Gasteiger partial charge in [-0.2, -0.15) is 5.10 Å². The van der Waals surface area contributed by atoms with E-state index in [4.69, 9.17) is 4.74 Å². The fraction of sp³-hybridized carbons (Fsp3) is 0.750. The molecule has 1 aromatic heterocycles. The van der Waals surface area contributed by atoms with Crippen LogP contribution < -0.4 is 10.6 Å². The van der Waals surface area contributed by atoms with E-state index in [0.717, 1.165) is 51.6 Å². The summed E-state index contributed by atoms with van der Waals surface area (Å²) in [6.45, 7) is 8.69. The highest BCUT2D eigenvalue weighted by Crippen LogP contribution is 1.97. The van der Waals surface area contributed by atoms with Crippen LogP contribution in [0.5, 0.6) is 0 Å². The number of nitrogens with zero attached hydrogens (tertiary/aromatic N) is 3. The van der Waals surface area contributed by atoms with E-state index >= 15 is 0 Å². The molecule has 1 unspecified atom stereocenters. The molecule has 0 saturated carbocycles. The minimum absolute atomic E-state index is 0.482. The molecular weight excluding hydrogens is 278 g/mol. The number of aromatic nitrogens is 2. The van der Waals surface area contributed by atoms with Crippen LogP contribution in [0, 0.1) is 5.92 Å². The van der Waals surface area contributed by atoms with Gasteiger partial charge in [-0.15, -0.1) is 0 Å². The van der Waals surface area contributed by atoms with E-state index in [2.05, 4.69) is 34.6 Å². The van der Waals surface area contributed by atoms with Crippen molar-refractivity contribution in [1.82, 2.24) is 20.4 Å². The van der Waals surface area contributed by atoms with Gasteiger partial charge in [-0.3, -0.25) is 9.67 Å². The van der Waals surface area contributed by atoms with Crippen molar-refractivity contribution >= 4 is 5.96 Å². The first-order valence-corrected chi connectivity index (χ1v) is 8.26. The van der Waals surface area contributed by atoms with Crippen molar-refractivity contribution in [1.29, 1.82) is 0 Å². The van der Waals surface area contributed by atoms with Gasteiger partial charge < -0.3 is 15.4 Å². The summed E-state index contributed by atoms with van der Waals surface area (Å²) in [5, 5.41) is 10.9. The van der Waals surface area contributed by atoms with Crippen molar-refractivity contribution in [2.75, 3.05) is 33.4 Å². The summed E-state index contributed by atoms with van der Waals surface area (Å²) in [6, 6.07) is 1.95. The van der Waals surface area contributed by atoms with Gasteiger partial charge in [0.15, 0.2) is 5.96 Å². The normalized spacial score (nSPS) is 13.1. The summed E-state index contributed by atoms with van der Waals surface area (Å²) in [7, 11) is 1.80. The zero-order valence-electron chi connectivity index (χ0n) is 14.2. The van der Waals surface area contributed by atoms with Gasteiger partial charge in [0.2, 0.25) is 0 Å². The molecule has 0 saturated heterocycles. The zero-order valence-corrected chi connectivity index (χ0v) is 14.2. The van der Waals surface area contributed by atoms with Crippen LogP contribution in [-0.2, 0) is 11.3 Å². The number of aliphatic imine (C=N–C) groups is 1. The van der Waals surface area contributed by atoms with Crippen LogP contribution >= 0.6 is 0 Å². The minimum atomic E-state index is 0.482. The maximum atomic E-state index is 5.54. The monoisotopic (exact) mass is 309 g/mol. The summed E-state index contributed by atoms with van der Waals surface area (Å²) in [5.74, 6) is 1.33. The number of nitrogens with one attached hydrogen (secondary N) is 2. The molecule has 0 aromatic carbocycles. The van der Waals surface area contributed by atoms with E-state index in [1.54, 1.807) is 7.05 Å². The fourth-order valence-corrected chi connectivity index (χ4v) is 2.01. The summed E-state index contributed by atoms with van der Waals surface area (Å²) >= 11 is 0. The zero-order chi connectivity index (χ0) is 16.0. The lowest BCUT2D eigenvalue weighted by Gasteiger charge is -2.16. The average Bonchev–Trinajstić information content (AvgIpc) is 3.02. The molecule has 0 aliphatic rings. The molecule has 22 heavy (non-hydrogen) atoms. The Kier molecular flexibility index (Phi) is 10.1. The van der Waals surface area contributed by atoms with Gasteiger partial charge in [0, 0.05) is 52.3 Å². The quantitative estimate of drug-likeness (QED) is 0.372. The number of hydrogen-bond acceptors (Lipinski definition) is 3. The molecule has 6 nitrogen and oxygen atoms in total. The molecule has 126 valence electrons. The first kappa shape index (κ1) is 18.5. The smallest absolute Gasteiger partial charge is 0.190 e. The molecule has 0 bridgehead atoms. The van der Waals surface area contributed by atoms with Crippen LogP contribution in [0.25, 0.3) is 0 Å². The second-order valence-corrected chi connectivity index (χ2v) is 5.53. The van der Waals surface area contributed by atoms with Crippen molar-refractivity contribution in [2.45, 2.75) is 39.7 Å². The first-order chi connectivity index (χ1) is 10.8. The van der Waals surface area contributed by atoms with Gasteiger partial charge in [0.05, 0.1) is 0 Å².